The second-order valence-corrected chi connectivity index (χ2v) is 5.31. The SMILES string of the molecule is CC(NC(=O)C=Cc1ccc(OCc2ccccc2)cc1)C(N)=O. The second-order valence-electron chi connectivity index (χ2n) is 5.31. The van der Waals surface area contributed by atoms with Crippen molar-refractivity contribution in [1.82, 2.24) is 5.32 Å². The zero-order valence-corrected chi connectivity index (χ0v) is 13.4. The largest absolute Gasteiger partial charge is 0.489 e. The summed E-state index contributed by atoms with van der Waals surface area (Å²) in [6.45, 7) is 2.04. The Morgan fingerprint density at radius 3 is 2.42 bits per heavy atom. The monoisotopic (exact) mass is 324 g/mol. The molecule has 5 nitrogen and oxygen atoms in total. The summed E-state index contributed by atoms with van der Waals surface area (Å²) in [4.78, 5) is 22.5. The van der Waals surface area contributed by atoms with Gasteiger partial charge >= 0.3 is 0 Å². The molecule has 24 heavy (non-hydrogen) atoms. The molecule has 1 unspecified atom stereocenters. The van der Waals surface area contributed by atoms with Gasteiger partial charge in [0.05, 0.1) is 0 Å². The zero-order valence-electron chi connectivity index (χ0n) is 13.4. The van der Waals surface area contributed by atoms with E-state index in [1.54, 1.807) is 6.08 Å². The summed E-state index contributed by atoms with van der Waals surface area (Å²) in [7, 11) is 0. The lowest BCUT2D eigenvalue weighted by Crippen LogP contribution is -2.41. The van der Waals surface area contributed by atoms with Gasteiger partial charge in [0.2, 0.25) is 11.8 Å². The Bertz CT molecular complexity index is 709. The van der Waals surface area contributed by atoms with Crippen molar-refractivity contribution in [3.8, 4) is 5.75 Å². The number of rotatable bonds is 7. The quantitative estimate of drug-likeness (QED) is 0.767. The Balaban J connectivity index is 1.86. The van der Waals surface area contributed by atoms with E-state index < -0.39 is 11.9 Å². The van der Waals surface area contributed by atoms with E-state index in [4.69, 9.17) is 10.5 Å². The highest BCUT2D eigenvalue weighted by molar-refractivity contribution is 5.95. The number of ether oxygens (including phenoxy) is 1. The molecular weight excluding hydrogens is 304 g/mol. The number of carbonyl (C=O) groups excluding carboxylic acids is 2. The number of hydrogen-bond acceptors (Lipinski definition) is 3. The van der Waals surface area contributed by atoms with Crippen LogP contribution in [-0.2, 0) is 16.2 Å². The van der Waals surface area contributed by atoms with Crippen molar-refractivity contribution >= 4 is 17.9 Å². The van der Waals surface area contributed by atoms with E-state index in [-0.39, 0.29) is 5.91 Å². The van der Waals surface area contributed by atoms with Crippen LogP contribution in [0.5, 0.6) is 5.75 Å². The van der Waals surface area contributed by atoms with Gasteiger partial charge in [0.25, 0.3) is 0 Å². The third kappa shape index (κ3) is 5.61. The van der Waals surface area contributed by atoms with Gasteiger partial charge in [-0.15, -0.1) is 0 Å². The van der Waals surface area contributed by atoms with E-state index in [2.05, 4.69) is 5.32 Å². The van der Waals surface area contributed by atoms with Crippen LogP contribution in [0.1, 0.15) is 18.1 Å². The van der Waals surface area contributed by atoms with Crippen molar-refractivity contribution in [2.24, 2.45) is 5.73 Å². The molecule has 2 aromatic carbocycles. The summed E-state index contributed by atoms with van der Waals surface area (Å²) in [5.74, 6) is -0.190. The molecule has 0 aliphatic heterocycles. The van der Waals surface area contributed by atoms with Crippen molar-refractivity contribution in [2.45, 2.75) is 19.6 Å². The zero-order chi connectivity index (χ0) is 17.4. The highest BCUT2D eigenvalue weighted by Crippen LogP contribution is 2.15. The number of hydrogen-bond donors (Lipinski definition) is 2. The third-order valence-corrected chi connectivity index (χ3v) is 3.34. The van der Waals surface area contributed by atoms with Gasteiger partial charge in [-0.05, 0) is 36.3 Å². The maximum absolute atomic E-state index is 11.6. The number of carbonyl (C=O) groups is 2. The van der Waals surface area contributed by atoms with Crippen LogP contribution in [0.25, 0.3) is 6.08 Å². The summed E-state index contributed by atoms with van der Waals surface area (Å²) in [6, 6.07) is 16.6. The molecule has 2 amide bonds. The average molecular weight is 324 g/mol. The molecule has 0 saturated heterocycles. The molecule has 0 saturated carbocycles. The Kier molecular flexibility index (Phi) is 6.14. The summed E-state index contributed by atoms with van der Waals surface area (Å²) < 4.78 is 5.70. The molecule has 0 fully saturated rings. The smallest absolute Gasteiger partial charge is 0.244 e. The van der Waals surface area contributed by atoms with Gasteiger partial charge in [0.15, 0.2) is 0 Å². The Morgan fingerprint density at radius 1 is 1.12 bits per heavy atom. The lowest BCUT2D eigenvalue weighted by atomic mass is 10.2. The average Bonchev–Trinajstić information content (AvgIpc) is 2.60. The fraction of sp³-hybridized carbons (Fsp3) is 0.158. The number of amides is 2. The van der Waals surface area contributed by atoms with Gasteiger partial charge in [0, 0.05) is 6.08 Å². The maximum Gasteiger partial charge on any atom is 0.244 e. The Hall–Kier alpha value is -3.08. The second kappa shape index (κ2) is 8.53. The highest BCUT2D eigenvalue weighted by Gasteiger charge is 2.09. The van der Waals surface area contributed by atoms with Gasteiger partial charge in [0.1, 0.15) is 18.4 Å². The van der Waals surface area contributed by atoms with Crippen LogP contribution in [0.4, 0.5) is 0 Å². The molecule has 0 heterocycles. The van der Waals surface area contributed by atoms with Gasteiger partial charge in [-0.3, -0.25) is 9.59 Å². The molecule has 5 heteroatoms. The standard InChI is InChI=1S/C19H20N2O3/c1-14(19(20)23)21-18(22)12-9-15-7-10-17(11-8-15)24-13-16-5-3-2-4-6-16/h2-12,14H,13H2,1H3,(H2,20,23)(H,21,22). The van der Waals surface area contributed by atoms with E-state index in [0.717, 1.165) is 16.9 Å². The lowest BCUT2D eigenvalue weighted by molar-refractivity contribution is -0.124. The highest BCUT2D eigenvalue weighted by atomic mass is 16.5. The number of nitrogens with two attached hydrogens (primary N) is 1. The molecule has 0 aromatic heterocycles. The van der Waals surface area contributed by atoms with Crippen LogP contribution in [-0.4, -0.2) is 17.9 Å². The summed E-state index contributed by atoms with van der Waals surface area (Å²) in [5.41, 5.74) is 7.04. The van der Waals surface area contributed by atoms with Crippen molar-refractivity contribution < 1.29 is 14.3 Å². The minimum absolute atomic E-state index is 0.370. The molecule has 1 atom stereocenters. The van der Waals surface area contributed by atoms with Crippen LogP contribution < -0.4 is 15.8 Å². The topological polar surface area (TPSA) is 81.4 Å². The molecule has 0 aliphatic rings. The van der Waals surface area contributed by atoms with E-state index in [1.165, 1.54) is 13.0 Å². The fourth-order valence-electron chi connectivity index (χ4n) is 1.92. The van der Waals surface area contributed by atoms with Gasteiger partial charge in [-0.25, -0.2) is 0 Å². The molecule has 0 radical (unpaired) electrons. The predicted octanol–water partition coefficient (Wildman–Crippen LogP) is 2.27. The van der Waals surface area contributed by atoms with Gasteiger partial charge < -0.3 is 15.8 Å². The molecule has 0 spiro atoms. The first-order valence-corrected chi connectivity index (χ1v) is 7.59. The lowest BCUT2D eigenvalue weighted by Gasteiger charge is -2.07. The molecular formula is C19H20N2O3. The molecule has 3 N–H and O–H groups in total. The van der Waals surface area contributed by atoms with Crippen LogP contribution >= 0.6 is 0 Å². The molecule has 0 bridgehead atoms. The van der Waals surface area contributed by atoms with Crippen LogP contribution in [0.15, 0.2) is 60.7 Å². The van der Waals surface area contributed by atoms with E-state index in [9.17, 15) is 9.59 Å². The summed E-state index contributed by atoms with van der Waals surface area (Å²) >= 11 is 0. The van der Waals surface area contributed by atoms with Gasteiger partial charge in [-0.2, -0.15) is 0 Å². The first-order chi connectivity index (χ1) is 11.5. The summed E-state index contributed by atoms with van der Waals surface area (Å²) in [5, 5.41) is 2.47. The van der Waals surface area contributed by atoms with E-state index in [1.807, 2.05) is 54.6 Å². The van der Waals surface area contributed by atoms with Crippen molar-refractivity contribution in [2.75, 3.05) is 0 Å². The number of benzene rings is 2. The van der Waals surface area contributed by atoms with Crippen LogP contribution in [0.2, 0.25) is 0 Å². The fourth-order valence-corrected chi connectivity index (χ4v) is 1.92. The minimum atomic E-state index is -0.698. The summed E-state index contributed by atoms with van der Waals surface area (Å²) in [6.07, 6.45) is 3.02. The van der Waals surface area contributed by atoms with Crippen molar-refractivity contribution in [3.63, 3.8) is 0 Å². The molecule has 124 valence electrons. The van der Waals surface area contributed by atoms with Crippen molar-refractivity contribution in [3.05, 3.63) is 71.8 Å². The number of primary amides is 1. The third-order valence-electron chi connectivity index (χ3n) is 3.34. The van der Waals surface area contributed by atoms with E-state index >= 15 is 0 Å². The first kappa shape index (κ1) is 17.3. The minimum Gasteiger partial charge on any atom is -0.489 e. The Morgan fingerprint density at radius 2 is 1.79 bits per heavy atom. The molecule has 0 aliphatic carbocycles. The predicted molar refractivity (Wildman–Crippen MR) is 93.0 cm³/mol. The number of nitrogens with one attached hydrogen (secondary N) is 1. The van der Waals surface area contributed by atoms with E-state index in [0.29, 0.717) is 6.61 Å². The van der Waals surface area contributed by atoms with Gasteiger partial charge in [-0.1, -0.05) is 42.5 Å². The maximum atomic E-state index is 11.6. The van der Waals surface area contributed by atoms with Crippen molar-refractivity contribution in [1.29, 1.82) is 0 Å². The Labute approximate surface area is 141 Å². The van der Waals surface area contributed by atoms with Crippen LogP contribution in [0, 0.1) is 0 Å². The first-order valence-electron chi connectivity index (χ1n) is 7.59. The molecule has 2 aromatic rings. The van der Waals surface area contributed by atoms with Crippen LogP contribution in [0.3, 0.4) is 0 Å². The molecule has 2 rings (SSSR count). The normalized spacial score (nSPS) is 11.9.